The van der Waals surface area contributed by atoms with Crippen LogP contribution in [0, 0.1) is 17.0 Å². The largest absolute Gasteiger partial charge is 0.468 e. The molecule has 1 aromatic heterocycles. The fraction of sp³-hybridized carbons (Fsp3) is 0.190. The lowest BCUT2D eigenvalue weighted by molar-refractivity contribution is -0.384. The molecule has 2 aromatic carbocycles. The van der Waals surface area contributed by atoms with Gasteiger partial charge >= 0.3 is 0 Å². The van der Waals surface area contributed by atoms with Gasteiger partial charge in [0.05, 0.1) is 17.7 Å². The summed E-state index contributed by atoms with van der Waals surface area (Å²) >= 11 is 0. The van der Waals surface area contributed by atoms with Crippen LogP contribution in [0.25, 0.3) is 0 Å². The molecule has 0 bridgehead atoms. The van der Waals surface area contributed by atoms with Gasteiger partial charge in [-0.05, 0) is 43.3 Å². The first kappa shape index (κ1) is 19.3. The minimum Gasteiger partial charge on any atom is -0.468 e. The van der Waals surface area contributed by atoms with Crippen molar-refractivity contribution in [3.63, 3.8) is 0 Å². The standard InChI is InChI=1S/C21H21N3O4/c1-15-10-11-18(19(13-15)24(26)27)22-21(25)20(16-7-4-3-5-8-16)23(2)14-17-9-6-12-28-17/h3-13,20H,14H2,1-2H3,(H,22,25). The number of benzene rings is 2. The van der Waals surface area contributed by atoms with E-state index in [0.717, 1.165) is 16.9 Å². The summed E-state index contributed by atoms with van der Waals surface area (Å²) in [6.45, 7) is 2.18. The molecule has 0 saturated carbocycles. The van der Waals surface area contributed by atoms with Crippen LogP contribution in [0.4, 0.5) is 11.4 Å². The summed E-state index contributed by atoms with van der Waals surface area (Å²) in [6, 6.07) is 17.0. The maximum atomic E-state index is 13.1. The third-order valence-corrected chi connectivity index (χ3v) is 4.40. The summed E-state index contributed by atoms with van der Waals surface area (Å²) in [4.78, 5) is 25.9. The van der Waals surface area contributed by atoms with E-state index in [2.05, 4.69) is 5.32 Å². The van der Waals surface area contributed by atoms with Crippen LogP contribution in [0.2, 0.25) is 0 Å². The summed E-state index contributed by atoms with van der Waals surface area (Å²) in [6.07, 6.45) is 1.58. The van der Waals surface area contributed by atoms with Crippen molar-refractivity contribution in [3.05, 3.63) is 93.9 Å². The van der Waals surface area contributed by atoms with Gasteiger partial charge in [-0.3, -0.25) is 19.8 Å². The first-order valence-corrected chi connectivity index (χ1v) is 8.79. The average molecular weight is 379 g/mol. The SMILES string of the molecule is Cc1ccc(NC(=O)C(c2ccccc2)N(C)Cc2ccco2)c([N+](=O)[O-])c1. The van der Waals surface area contributed by atoms with Gasteiger partial charge in [0.1, 0.15) is 17.5 Å². The monoisotopic (exact) mass is 379 g/mol. The van der Waals surface area contributed by atoms with E-state index < -0.39 is 11.0 Å². The zero-order valence-corrected chi connectivity index (χ0v) is 15.7. The predicted molar refractivity (Wildman–Crippen MR) is 106 cm³/mol. The Labute approximate surface area is 162 Å². The highest BCUT2D eigenvalue weighted by atomic mass is 16.6. The maximum Gasteiger partial charge on any atom is 0.293 e. The minimum atomic E-state index is -0.646. The molecular weight excluding hydrogens is 358 g/mol. The van der Waals surface area contributed by atoms with Crippen LogP contribution in [-0.4, -0.2) is 22.8 Å². The molecule has 1 heterocycles. The number of nitro benzene ring substituents is 1. The van der Waals surface area contributed by atoms with E-state index in [9.17, 15) is 14.9 Å². The molecule has 0 aliphatic heterocycles. The second-order valence-corrected chi connectivity index (χ2v) is 6.57. The van der Waals surface area contributed by atoms with Gasteiger partial charge in [0, 0.05) is 6.07 Å². The highest BCUT2D eigenvalue weighted by molar-refractivity contribution is 5.97. The molecule has 1 N–H and O–H groups in total. The molecule has 0 spiro atoms. The Hall–Kier alpha value is -3.45. The molecule has 28 heavy (non-hydrogen) atoms. The molecule has 0 fully saturated rings. The molecule has 7 heteroatoms. The number of anilines is 1. The lowest BCUT2D eigenvalue weighted by atomic mass is 10.0. The molecule has 144 valence electrons. The Morgan fingerprint density at radius 2 is 1.93 bits per heavy atom. The number of likely N-dealkylation sites (N-methyl/N-ethyl adjacent to an activating group) is 1. The number of furan rings is 1. The number of nitrogens with zero attached hydrogens (tertiary/aromatic N) is 2. The molecule has 3 rings (SSSR count). The zero-order chi connectivity index (χ0) is 20.1. The van der Waals surface area contributed by atoms with Crippen LogP contribution in [0.15, 0.2) is 71.3 Å². The van der Waals surface area contributed by atoms with Gasteiger partial charge in [0.25, 0.3) is 5.69 Å². The highest BCUT2D eigenvalue weighted by Gasteiger charge is 2.27. The van der Waals surface area contributed by atoms with Crippen LogP contribution in [0.1, 0.15) is 22.9 Å². The molecular formula is C21H21N3O4. The van der Waals surface area contributed by atoms with Gasteiger partial charge in [-0.25, -0.2) is 0 Å². The number of amides is 1. The Kier molecular flexibility index (Phi) is 5.86. The molecule has 0 aliphatic rings. The normalized spacial score (nSPS) is 12.0. The summed E-state index contributed by atoms with van der Waals surface area (Å²) in [5.41, 5.74) is 1.57. The summed E-state index contributed by atoms with van der Waals surface area (Å²) in [7, 11) is 1.81. The molecule has 3 aromatic rings. The van der Waals surface area contributed by atoms with Gasteiger partial charge in [-0.1, -0.05) is 36.4 Å². The van der Waals surface area contributed by atoms with Crippen molar-refractivity contribution in [2.45, 2.75) is 19.5 Å². The molecule has 7 nitrogen and oxygen atoms in total. The summed E-state index contributed by atoms with van der Waals surface area (Å²) in [5, 5.41) is 14.1. The van der Waals surface area contributed by atoms with E-state index in [-0.39, 0.29) is 17.3 Å². The highest BCUT2D eigenvalue weighted by Crippen LogP contribution is 2.28. The maximum absolute atomic E-state index is 13.1. The Balaban J connectivity index is 1.90. The van der Waals surface area contributed by atoms with Gasteiger partial charge < -0.3 is 9.73 Å². The molecule has 0 saturated heterocycles. The lowest BCUT2D eigenvalue weighted by Crippen LogP contribution is -2.34. The zero-order valence-electron chi connectivity index (χ0n) is 15.7. The van der Waals surface area contributed by atoms with Gasteiger partial charge in [-0.2, -0.15) is 0 Å². The Bertz CT molecular complexity index is 955. The second kappa shape index (κ2) is 8.49. The average Bonchev–Trinajstić information content (AvgIpc) is 3.17. The van der Waals surface area contributed by atoms with E-state index in [0.29, 0.717) is 6.54 Å². The van der Waals surface area contributed by atoms with Gasteiger partial charge in [0.2, 0.25) is 5.91 Å². The molecule has 0 aliphatic carbocycles. The number of rotatable bonds is 7. The van der Waals surface area contributed by atoms with Crippen LogP contribution in [0.3, 0.4) is 0 Å². The van der Waals surface area contributed by atoms with E-state index in [1.165, 1.54) is 6.07 Å². The fourth-order valence-corrected chi connectivity index (χ4v) is 3.08. The Morgan fingerprint density at radius 1 is 1.18 bits per heavy atom. The van der Waals surface area contributed by atoms with Crippen LogP contribution in [-0.2, 0) is 11.3 Å². The van der Waals surface area contributed by atoms with Gasteiger partial charge in [0.15, 0.2) is 0 Å². The summed E-state index contributed by atoms with van der Waals surface area (Å²) < 4.78 is 5.39. The number of hydrogen-bond acceptors (Lipinski definition) is 5. The van der Waals surface area contributed by atoms with Crippen molar-refractivity contribution in [2.75, 3.05) is 12.4 Å². The first-order valence-electron chi connectivity index (χ1n) is 8.79. The Morgan fingerprint density at radius 3 is 2.57 bits per heavy atom. The van der Waals surface area contributed by atoms with Crippen molar-refractivity contribution in [3.8, 4) is 0 Å². The number of nitrogens with one attached hydrogen (secondary N) is 1. The molecule has 0 radical (unpaired) electrons. The quantitative estimate of drug-likeness (QED) is 0.488. The second-order valence-electron chi connectivity index (χ2n) is 6.57. The molecule has 1 amide bonds. The first-order chi connectivity index (χ1) is 13.5. The van der Waals surface area contributed by atoms with E-state index in [1.807, 2.05) is 48.3 Å². The van der Waals surface area contributed by atoms with Crippen molar-refractivity contribution >= 4 is 17.3 Å². The number of carbonyl (C=O) groups excluding carboxylic acids is 1. The predicted octanol–water partition coefficient (Wildman–Crippen LogP) is 4.31. The number of nitro groups is 1. The fourth-order valence-electron chi connectivity index (χ4n) is 3.08. The van der Waals surface area contributed by atoms with Crippen molar-refractivity contribution in [2.24, 2.45) is 0 Å². The number of aryl methyl sites for hydroxylation is 1. The number of carbonyl (C=O) groups is 1. The van der Waals surface area contributed by atoms with E-state index in [1.54, 1.807) is 31.4 Å². The van der Waals surface area contributed by atoms with E-state index >= 15 is 0 Å². The third kappa shape index (κ3) is 4.44. The smallest absolute Gasteiger partial charge is 0.293 e. The topological polar surface area (TPSA) is 88.6 Å². The lowest BCUT2D eigenvalue weighted by Gasteiger charge is -2.26. The van der Waals surface area contributed by atoms with Crippen LogP contribution >= 0.6 is 0 Å². The summed E-state index contributed by atoms with van der Waals surface area (Å²) in [5.74, 6) is 0.366. The minimum absolute atomic E-state index is 0.131. The van der Waals surface area contributed by atoms with Crippen molar-refractivity contribution in [1.82, 2.24) is 4.90 Å². The van der Waals surface area contributed by atoms with Crippen molar-refractivity contribution < 1.29 is 14.1 Å². The van der Waals surface area contributed by atoms with Crippen LogP contribution in [0.5, 0.6) is 0 Å². The molecule has 1 atom stereocenters. The third-order valence-electron chi connectivity index (χ3n) is 4.40. The van der Waals surface area contributed by atoms with Crippen LogP contribution < -0.4 is 5.32 Å². The van der Waals surface area contributed by atoms with Crippen molar-refractivity contribution in [1.29, 1.82) is 0 Å². The van der Waals surface area contributed by atoms with Gasteiger partial charge in [-0.15, -0.1) is 0 Å². The number of hydrogen-bond donors (Lipinski definition) is 1. The van der Waals surface area contributed by atoms with E-state index in [4.69, 9.17) is 4.42 Å². The molecule has 1 unspecified atom stereocenters.